The lowest BCUT2D eigenvalue weighted by Gasteiger charge is -2.31. The SMILES string of the molecule is O=C(O)CCCCCCCCCCCCCCC(C(=O)O)(c1ccccc1)c1ccccc1. The van der Waals surface area contributed by atoms with Crippen LogP contribution in [-0.2, 0) is 15.0 Å². The van der Waals surface area contributed by atoms with E-state index >= 15 is 0 Å². The van der Waals surface area contributed by atoms with Crippen LogP contribution in [0.2, 0.25) is 0 Å². The van der Waals surface area contributed by atoms with Crippen LogP contribution < -0.4 is 0 Å². The fraction of sp³-hybridized carbons (Fsp3) is 0.517. The number of aliphatic carboxylic acids is 2. The van der Waals surface area contributed by atoms with E-state index in [0.717, 1.165) is 49.7 Å². The summed E-state index contributed by atoms with van der Waals surface area (Å²) in [5, 5.41) is 19.0. The maximum Gasteiger partial charge on any atom is 0.318 e. The lowest BCUT2D eigenvalue weighted by Crippen LogP contribution is -2.37. The topological polar surface area (TPSA) is 74.6 Å². The standard InChI is InChI=1S/C29H40O4/c30-27(31)23-17-9-7-5-3-1-2-4-6-8-10-18-24-29(28(32)33,25-19-13-11-14-20-25)26-21-15-12-16-22-26/h11-16,19-22H,1-10,17-18,23-24H2,(H,30,31)(H,32,33). The number of rotatable bonds is 18. The number of carbonyl (C=O) groups is 2. The predicted octanol–water partition coefficient (Wildman–Crippen LogP) is 7.60. The number of carboxylic acids is 2. The van der Waals surface area contributed by atoms with Gasteiger partial charge in [-0.3, -0.25) is 9.59 Å². The molecule has 2 N–H and O–H groups in total. The zero-order valence-corrected chi connectivity index (χ0v) is 19.9. The van der Waals surface area contributed by atoms with Gasteiger partial charge in [0.05, 0.1) is 0 Å². The highest BCUT2D eigenvalue weighted by atomic mass is 16.4. The average Bonchev–Trinajstić information content (AvgIpc) is 2.82. The molecule has 0 unspecified atom stereocenters. The summed E-state index contributed by atoms with van der Waals surface area (Å²) >= 11 is 0. The smallest absolute Gasteiger partial charge is 0.318 e. The van der Waals surface area contributed by atoms with Gasteiger partial charge in [-0.25, -0.2) is 0 Å². The summed E-state index contributed by atoms with van der Waals surface area (Å²) in [7, 11) is 0. The van der Waals surface area contributed by atoms with Gasteiger partial charge in [0.1, 0.15) is 5.41 Å². The third kappa shape index (κ3) is 9.03. The molecule has 2 rings (SSSR count). The Bertz CT molecular complexity index is 761. The minimum Gasteiger partial charge on any atom is -0.481 e. The van der Waals surface area contributed by atoms with E-state index in [1.165, 1.54) is 38.5 Å². The molecule has 4 heteroatoms. The summed E-state index contributed by atoms with van der Waals surface area (Å²) in [4.78, 5) is 23.1. The van der Waals surface area contributed by atoms with Crippen molar-refractivity contribution in [2.45, 2.75) is 95.3 Å². The predicted molar refractivity (Wildman–Crippen MR) is 134 cm³/mol. The first-order valence-corrected chi connectivity index (χ1v) is 12.6. The molecule has 0 atom stereocenters. The van der Waals surface area contributed by atoms with Gasteiger partial charge >= 0.3 is 11.9 Å². The maximum atomic E-state index is 12.6. The molecule has 180 valence electrons. The third-order valence-electron chi connectivity index (χ3n) is 6.59. The largest absolute Gasteiger partial charge is 0.481 e. The van der Waals surface area contributed by atoms with Crippen molar-refractivity contribution in [3.05, 3.63) is 71.8 Å². The van der Waals surface area contributed by atoms with Gasteiger partial charge in [-0.05, 0) is 24.0 Å². The molecule has 0 aliphatic rings. The van der Waals surface area contributed by atoms with E-state index in [1.54, 1.807) is 0 Å². The molecule has 0 fully saturated rings. The number of benzene rings is 2. The van der Waals surface area contributed by atoms with E-state index in [-0.39, 0.29) is 0 Å². The molecule has 0 aliphatic carbocycles. The van der Waals surface area contributed by atoms with Crippen molar-refractivity contribution in [3.63, 3.8) is 0 Å². The molecular formula is C29H40O4. The van der Waals surface area contributed by atoms with Gasteiger partial charge in [0.2, 0.25) is 0 Å². The Balaban J connectivity index is 1.69. The first-order valence-electron chi connectivity index (χ1n) is 12.6. The van der Waals surface area contributed by atoms with Crippen molar-refractivity contribution >= 4 is 11.9 Å². The molecule has 0 radical (unpaired) electrons. The second-order valence-corrected chi connectivity index (χ2v) is 9.08. The van der Waals surface area contributed by atoms with Crippen LogP contribution in [0.4, 0.5) is 0 Å². The molecule has 33 heavy (non-hydrogen) atoms. The van der Waals surface area contributed by atoms with E-state index in [2.05, 4.69) is 0 Å². The molecule has 2 aromatic carbocycles. The Hall–Kier alpha value is -2.62. The first-order chi connectivity index (χ1) is 16.1. The summed E-state index contributed by atoms with van der Waals surface area (Å²) in [6, 6.07) is 19.3. The molecule has 4 nitrogen and oxygen atoms in total. The minimum absolute atomic E-state index is 0.296. The fourth-order valence-electron chi connectivity index (χ4n) is 4.69. The van der Waals surface area contributed by atoms with Gasteiger partial charge in [0, 0.05) is 6.42 Å². The van der Waals surface area contributed by atoms with Crippen molar-refractivity contribution < 1.29 is 19.8 Å². The van der Waals surface area contributed by atoms with Crippen molar-refractivity contribution in [3.8, 4) is 0 Å². The van der Waals surface area contributed by atoms with Crippen molar-refractivity contribution in [2.24, 2.45) is 0 Å². The van der Waals surface area contributed by atoms with Crippen molar-refractivity contribution in [1.29, 1.82) is 0 Å². The van der Waals surface area contributed by atoms with E-state index in [0.29, 0.717) is 12.8 Å². The van der Waals surface area contributed by atoms with E-state index in [9.17, 15) is 14.7 Å². The summed E-state index contributed by atoms with van der Waals surface area (Å²) < 4.78 is 0. The molecule has 0 aromatic heterocycles. The van der Waals surface area contributed by atoms with E-state index in [4.69, 9.17) is 5.11 Å². The van der Waals surface area contributed by atoms with Crippen LogP contribution in [0.1, 0.15) is 101 Å². The van der Waals surface area contributed by atoms with Crippen LogP contribution in [-0.4, -0.2) is 22.2 Å². The molecule has 0 heterocycles. The average molecular weight is 453 g/mol. The zero-order valence-electron chi connectivity index (χ0n) is 19.9. The summed E-state index contributed by atoms with van der Waals surface area (Å²) in [5.41, 5.74) is 0.714. The number of hydrogen-bond acceptors (Lipinski definition) is 2. The lowest BCUT2D eigenvalue weighted by molar-refractivity contribution is -0.142. The van der Waals surface area contributed by atoms with Crippen molar-refractivity contribution in [2.75, 3.05) is 0 Å². The Kier molecular flexibility index (Phi) is 12.3. The first kappa shape index (κ1) is 26.6. The Morgan fingerprint density at radius 1 is 0.545 bits per heavy atom. The zero-order chi connectivity index (χ0) is 23.8. The highest BCUT2D eigenvalue weighted by molar-refractivity contribution is 5.86. The van der Waals surface area contributed by atoms with Crippen LogP contribution in [0, 0.1) is 0 Å². The second kappa shape index (κ2) is 15.3. The van der Waals surface area contributed by atoms with Crippen LogP contribution in [0.15, 0.2) is 60.7 Å². The number of hydrogen-bond donors (Lipinski definition) is 2. The third-order valence-corrected chi connectivity index (χ3v) is 6.59. The molecule has 0 aliphatic heterocycles. The molecule has 0 bridgehead atoms. The Labute approximate surface area is 199 Å². The number of carboxylic acid groups (broad SMARTS) is 2. The highest BCUT2D eigenvalue weighted by Crippen LogP contribution is 2.38. The fourth-order valence-corrected chi connectivity index (χ4v) is 4.69. The Morgan fingerprint density at radius 2 is 0.909 bits per heavy atom. The normalized spacial score (nSPS) is 11.4. The molecule has 0 saturated heterocycles. The Morgan fingerprint density at radius 3 is 1.27 bits per heavy atom. The summed E-state index contributed by atoms with van der Waals surface area (Å²) in [5.74, 6) is -1.47. The van der Waals surface area contributed by atoms with Crippen molar-refractivity contribution in [1.82, 2.24) is 0 Å². The van der Waals surface area contributed by atoms with Gasteiger partial charge in [0.25, 0.3) is 0 Å². The maximum absolute atomic E-state index is 12.6. The number of unbranched alkanes of at least 4 members (excludes halogenated alkanes) is 11. The molecule has 0 saturated carbocycles. The van der Waals surface area contributed by atoms with E-state index in [1.807, 2.05) is 60.7 Å². The summed E-state index contributed by atoms with van der Waals surface area (Å²) in [6.45, 7) is 0. The molecular weight excluding hydrogens is 412 g/mol. The molecule has 2 aromatic rings. The minimum atomic E-state index is -0.993. The molecule has 0 amide bonds. The monoisotopic (exact) mass is 452 g/mol. The summed E-state index contributed by atoms with van der Waals surface area (Å²) in [6.07, 6.45) is 14.4. The van der Waals surface area contributed by atoms with Crippen LogP contribution in [0.3, 0.4) is 0 Å². The van der Waals surface area contributed by atoms with Gasteiger partial charge < -0.3 is 10.2 Å². The van der Waals surface area contributed by atoms with Gasteiger partial charge in [-0.15, -0.1) is 0 Å². The highest BCUT2D eigenvalue weighted by Gasteiger charge is 2.41. The second-order valence-electron chi connectivity index (χ2n) is 9.08. The van der Waals surface area contributed by atoms with Crippen LogP contribution in [0.25, 0.3) is 0 Å². The van der Waals surface area contributed by atoms with E-state index < -0.39 is 17.4 Å². The quantitative estimate of drug-likeness (QED) is 0.228. The van der Waals surface area contributed by atoms with Gasteiger partial charge in [-0.2, -0.15) is 0 Å². The van der Waals surface area contributed by atoms with Crippen LogP contribution in [0.5, 0.6) is 0 Å². The van der Waals surface area contributed by atoms with Gasteiger partial charge in [-0.1, -0.05) is 131 Å². The molecule has 0 spiro atoms. The lowest BCUT2D eigenvalue weighted by atomic mass is 9.71. The van der Waals surface area contributed by atoms with Gasteiger partial charge in [0.15, 0.2) is 0 Å². The van der Waals surface area contributed by atoms with Crippen LogP contribution >= 0.6 is 0 Å².